The Kier molecular flexibility index (Phi) is 6.26. The standard InChI is InChI=1S/C19H22FN3O.ClH/c1-14-4-3-5-18(15(14)2)22-10-12-23(13-11-22)19(24)21-17-8-6-16(20)7-9-17;/h3-9H,10-13H2,1-2H3,(H,21,24);1H. The van der Waals surface area contributed by atoms with Crippen molar-refractivity contribution >= 4 is 29.8 Å². The smallest absolute Gasteiger partial charge is 0.321 e. The Morgan fingerprint density at radius 3 is 2.28 bits per heavy atom. The summed E-state index contributed by atoms with van der Waals surface area (Å²) in [7, 11) is 0. The summed E-state index contributed by atoms with van der Waals surface area (Å²) in [5, 5.41) is 2.82. The van der Waals surface area contributed by atoms with Crippen LogP contribution in [0, 0.1) is 19.7 Å². The van der Waals surface area contributed by atoms with Crippen LogP contribution in [0.25, 0.3) is 0 Å². The number of anilines is 2. The van der Waals surface area contributed by atoms with Gasteiger partial charge in [0.2, 0.25) is 0 Å². The van der Waals surface area contributed by atoms with E-state index in [1.165, 1.54) is 28.9 Å². The molecule has 0 saturated carbocycles. The highest BCUT2D eigenvalue weighted by Gasteiger charge is 2.22. The van der Waals surface area contributed by atoms with Crippen molar-refractivity contribution in [3.8, 4) is 0 Å². The molecular weight excluding hydrogens is 341 g/mol. The second-order valence-electron chi connectivity index (χ2n) is 6.13. The van der Waals surface area contributed by atoms with Crippen molar-refractivity contribution in [1.29, 1.82) is 0 Å². The maximum Gasteiger partial charge on any atom is 0.321 e. The molecule has 0 unspecified atom stereocenters. The maximum absolute atomic E-state index is 12.9. The van der Waals surface area contributed by atoms with Crippen molar-refractivity contribution in [3.05, 3.63) is 59.4 Å². The van der Waals surface area contributed by atoms with Crippen LogP contribution in [0.5, 0.6) is 0 Å². The Bertz CT molecular complexity index is 728. The van der Waals surface area contributed by atoms with Gasteiger partial charge in [-0.05, 0) is 55.3 Å². The normalized spacial score (nSPS) is 14.0. The summed E-state index contributed by atoms with van der Waals surface area (Å²) < 4.78 is 12.9. The van der Waals surface area contributed by atoms with Gasteiger partial charge in [-0.25, -0.2) is 9.18 Å². The molecule has 0 atom stereocenters. The van der Waals surface area contributed by atoms with E-state index in [1.54, 1.807) is 17.0 Å². The van der Waals surface area contributed by atoms with Crippen molar-refractivity contribution < 1.29 is 9.18 Å². The fourth-order valence-corrected chi connectivity index (χ4v) is 2.96. The van der Waals surface area contributed by atoms with Crippen LogP contribution in [-0.2, 0) is 0 Å². The van der Waals surface area contributed by atoms with Crippen molar-refractivity contribution in [2.75, 3.05) is 36.4 Å². The van der Waals surface area contributed by atoms with Crippen molar-refractivity contribution in [1.82, 2.24) is 4.90 Å². The molecule has 0 bridgehead atoms. The molecule has 1 heterocycles. The van der Waals surface area contributed by atoms with Crippen LogP contribution < -0.4 is 10.2 Å². The van der Waals surface area contributed by atoms with Crippen molar-refractivity contribution in [2.45, 2.75) is 13.8 Å². The van der Waals surface area contributed by atoms with E-state index in [9.17, 15) is 9.18 Å². The molecule has 2 amide bonds. The first kappa shape index (κ1) is 19.1. The summed E-state index contributed by atoms with van der Waals surface area (Å²) >= 11 is 0. The molecule has 0 radical (unpaired) electrons. The molecule has 2 aromatic rings. The number of amides is 2. The fraction of sp³-hybridized carbons (Fsp3) is 0.316. The molecule has 4 nitrogen and oxygen atoms in total. The van der Waals surface area contributed by atoms with Crippen LogP contribution in [-0.4, -0.2) is 37.1 Å². The number of hydrogen-bond acceptors (Lipinski definition) is 2. The van der Waals surface area contributed by atoms with Crippen LogP contribution in [0.3, 0.4) is 0 Å². The minimum absolute atomic E-state index is 0. The minimum atomic E-state index is -0.310. The zero-order chi connectivity index (χ0) is 17.1. The number of carbonyl (C=O) groups excluding carboxylic acids is 1. The Hall–Kier alpha value is -2.27. The Labute approximate surface area is 154 Å². The first-order valence-corrected chi connectivity index (χ1v) is 8.17. The summed E-state index contributed by atoms with van der Waals surface area (Å²) in [6, 6.07) is 12.0. The molecule has 0 aliphatic carbocycles. The van der Waals surface area contributed by atoms with Gasteiger partial charge in [0.15, 0.2) is 0 Å². The predicted molar refractivity (Wildman–Crippen MR) is 102 cm³/mol. The van der Waals surface area contributed by atoms with E-state index >= 15 is 0 Å². The molecule has 1 aliphatic heterocycles. The van der Waals surface area contributed by atoms with Gasteiger partial charge in [-0.3, -0.25) is 0 Å². The van der Waals surface area contributed by atoms with E-state index in [0.717, 1.165) is 13.1 Å². The average molecular weight is 364 g/mol. The summed E-state index contributed by atoms with van der Waals surface area (Å²) in [5.74, 6) is -0.310. The van der Waals surface area contributed by atoms with Gasteiger partial charge in [-0.1, -0.05) is 12.1 Å². The zero-order valence-corrected chi connectivity index (χ0v) is 15.3. The van der Waals surface area contributed by atoms with E-state index in [1.807, 2.05) is 0 Å². The number of hydrogen-bond donors (Lipinski definition) is 1. The molecule has 1 aliphatic rings. The van der Waals surface area contributed by atoms with Gasteiger partial charge in [0, 0.05) is 37.6 Å². The highest BCUT2D eigenvalue weighted by atomic mass is 35.5. The average Bonchev–Trinajstić information content (AvgIpc) is 2.59. The Morgan fingerprint density at radius 2 is 1.64 bits per heavy atom. The van der Waals surface area contributed by atoms with E-state index in [-0.39, 0.29) is 24.3 Å². The van der Waals surface area contributed by atoms with Crippen LogP contribution in [0.4, 0.5) is 20.6 Å². The van der Waals surface area contributed by atoms with Crippen LogP contribution in [0.15, 0.2) is 42.5 Å². The molecule has 6 heteroatoms. The lowest BCUT2D eigenvalue weighted by atomic mass is 10.1. The molecule has 1 N–H and O–H groups in total. The monoisotopic (exact) mass is 363 g/mol. The second kappa shape index (κ2) is 8.21. The number of piperazine rings is 1. The predicted octanol–water partition coefficient (Wildman–Crippen LogP) is 4.22. The lowest BCUT2D eigenvalue weighted by Gasteiger charge is -2.37. The summed E-state index contributed by atoms with van der Waals surface area (Å²) in [6.07, 6.45) is 0. The highest BCUT2D eigenvalue weighted by Crippen LogP contribution is 2.24. The molecule has 1 saturated heterocycles. The molecule has 0 aromatic heterocycles. The zero-order valence-electron chi connectivity index (χ0n) is 14.5. The number of rotatable bonds is 2. The van der Waals surface area contributed by atoms with Gasteiger partial charge < -0.3 is 15.1 Å². The van der Waals surface area contributed by atoms with Crippen LogP contribution >= 0.6 is 12.4 Å². The van der Waals surface area contributed by atoms with E-state index in [2.05, 4.69) is 42.3 Å². The lowest BCUT2D eigenvalue weighted by molar-refractivity contribution is 0.208. The van der Waals surface area contributed by atoms with E-state index in [0.29, 0.717) is 18.8 Å². The van der Waals surface area contributed by atoms with Gasteiger partial charge in [-0.15, -0.1) is 12.4 Å². The summed E-state index contributed by atoms with van der Waals surface area (Å²) in [5.41, 5.74) is 4.43. The summed E-state index contributed by atoms with van der Waals surface area (Å²) in [4.78, 5) is 16.4. The molecule has 3 rings (SSSR count). The largest absolute Gasteiger partial charge is 0.368 e. The van der Waals surface area contributed by atoms with E-state index < -0.39 is 0 Å². The molecule has 25 heavy (non-hydrogen) atoms. The third-order valence-electron chi connectivity index (χ3n) is 4.58. The number of carbonyl (C=O) groups is 1. The molecule has 2 aromatic carbocycles. The van der Waals surface area contributed by atoms with Gasteiger partial charge >= 0.3 is 6.03 Å². The topological polar surface area (TPSA) is 35.6 Å². The Morgan fingerprint density at radius 1 is 1.00 bits per heavy atom. The number of benzene rings is 2. The quantitative estimate of drug-likeness (QED) is 0.867. The van der Waals surface area contributed by atoms with Gasteiger partial charge in [-0.2, -0.15) is 0 Å². The van der Waals surface area contributed by atoms with Gasteiger partial charge in [0.1, 0.15) is 5.82 Å². The molecule has 0 spiro atoms. The summed E-state index contributed by atoms with van der Waals surface area (Å²) in [6.45, 7) is 7.20. The number of aryl methyl sites for hydroxylation is 1. The lowest BCUT2D eigenvalue weighted by Crippen LogP contribution is -2.50. The van der Waals surface area contributed by atoms with Crippen LogP contribution in [0.1, 0.15) is 11.1 Å². The Balaban J connectivity index is 0.00000225. The van der Waals surface area contributed by atoms with Crippen molar-refractivity contribution in [2.24, 2.45) is 0 Å². The fourth-order valence-electron chi connectivity index (χ4n) is 2.96. The van der Waals surface area contributed by atoms with Crippen molar-refractivity contribution in [3.63, 3.8) is 0 Å². The SMILES string of the molecule is Cc1cccc(N2CCN(C(=O)Nc3ccc(F)cc3)CC2)c1C.Cl. The number of nitrogens with zero attached hydrogens (tertiary/aromatic N) is 2. The molecule has 134 valence electrons. The van der Waals surface area contributed by atoms with Gasteiger partial charge in [0.25, 0.3) is 0 Å². The molecular formula is C19H23ClFN3O. The number of nitrogens with one attached hydrogen (secondary N) is 1. The maximum atomic E-state index is 12.9. The van der Waals surface area contributed by atoms with Crippen LogP contribution in [0.2, 0.25) is 0 Å². The highest BCUT2D eigenvalue weighted by molar-refractivity contribution is 5.89. The second-order valence-corrected chi connectivity index (χ2v) is 6.13. The first-order chi connectivity index (χ1) is 11.5. The third kappa shape index (κ3) is 4.42. The minimum Gasteiger partial charge on any atom is -0.368 e. The third-order valence-corrected chi connectivity index (χ3v) is 4.58. The number of urea groups is 1. The van der Waals surface area contributed by atoms with Gasteiger partial charge in [0.05, 0.1) is 0 Å². The number of halogens is 2. The van der Waals surface area contributed by atoms with E-state index in [4.69, 9.17) is 0 Å². The molecule has 1 fully saturated rings. The first-order valence-electron chi connectivity index (χ1n) is 8.17.